The van der Waals surface area contributed by atoms with Gasteiger partial charge in [-0.25, -0.2) is 0 Å². The second kappa shape index (κ2) is 6.48. The van der Waals surface area contributed by atoms with Gasteiger partial charge in [0, 0.05) is 25.5 Å². The van der Waals surface area contributed by atoms with Crippen molar-refractivity contribution < 1.29 is 0 Å². The zero-order valence-electron chi connectivity index (χ0n) is 11.5. The minimum atomic E-state index is 0.488. The quantitative estimate of drug-likeness (QED) is 0.702. The fourth-order valence-corrected chi connectivity index (χ4v) is 2.40. The molecule has 0 saturated heterocycles. The van der Waals surface area contributed by atoms with E-state index in [1.165, 1.54) is 31.4 Å². The summed E-state index contributed by atoms with van der Waals surface area (Å²) in [6.07, 6.45) is 8.87. The van der Waals surface area contributed by atoms with Gasteiger partial charge in [0.15, 0.2) is 0 Å². The Morgan fingerprint density at radius 1 is 1.00 bits per heavy atom. The number of hydrogen-bond donors (Lipinski definition) is 0. The summed E-state index contributed by atoms with van der Waals surface area (Å²) < 4.78 is 0. The lowest BCUT2D eigenvalue weighted by molar-refractivity contribution is 0.162. The fraction of sp³-hybridized carbons (Fsp3) is 0.500. The summed E-state index contributed by atoms with van der Waals surface area (Å²) in [4.78, 5) is 4.85. The monoisotopic (exact) mass is 244 g/mol. The Kier molecular flexibility index (Phi) is 4.68. The standard InChI is InChI=1S/C16H24N2/c1-3-4-8-11-17-12-13-18(15(17)2)14-16-9-6-5-7-10-16/h5-7,9-10,12-13,15H,3-4,8,11,14H2,1-2H3. The molecule has 1 aliphatic heterocycles. The third-order valence-corrected chi connectivity index (χ3v) is 3.64. The topological polar surface area (TPSA) is 6.48 Å². The highest BCUT2D eigenvalue weighted by molar-refractivity contribution is 5.15. The van der Waals surface area contributed by atoms with Gasteiger partial charge in [-0.3, -0.25) is 0 Å². The molecule has 2 nitrogen and oxygen atoms in total. The number of rotatable bonds is 6. The Bertz CT molecular complexity index is 372. The minimum Gasteiger partial charge on any atom is -0.356 e. The maximum Gasteiger partial charge on any atom is 0.0981 e. The number of hydrogen-bond acceptors (Lipinski definition) is 2. The number of nitrogens with zero attached hydrogens (tertiary/aromatic N) is 2. The zero-order valence-corrected chi connectivity index (χ0v) is 11.5. The molecule has 0 saturated carbocycles. The largest absolute Gasteiger partial charge is 0.356 e. The van der Waals surface area contributed by atoms with Gasteiger partial charge in [0.1, 0.15) is 0 Å². The van der Waals surface area contributed by atoms with Crippen molar-refractivity contribution >= 4 is 0 Å². The Balaban J connectivity index is 1.84. The summed E-state index contributed by atoms with van der Waals surface area (Å²) in [6, 6.07) is 10.7. The zero-order chi connectivity index (χ0) is 12.8. The predicted octanol–water partition coefficient (Wildman–Crippen LogP) is 3.81. The van der Waals surface area contributed by atoms with E-state index in [2.05, 4.69) is 66.4 Å². The lowest BCUT2D eigenvalue weighted by Crippen LogP contribution is -2.36. The van der Waals surface area contributed by atoms with Crippen LogP contribution < -0.4 is 0 Å². The van der Waals surface area contributed by atoms with Crippen LogP contribution in [0.15, 0.2) is 42.7 Å². The summed E-state index contributed by atoms with van der Waals surface area (Å²) in [5.41, 5.74) is 1.38. The van der Waals surface area contributed by atoms with Gasteiger partial charge in [-0.2, -0.15) is 0 Å². The van der Waals surface area contributed by atoms with Gasteiger partial charge in [-0.1, -0.05) is 50.1 Å². The van der Waals surface area contributed by atoms with Gasteiger partial charge in [0.25, 0.3) is 0 Å². The molecule has 0 N–H and O–H groups in total. The molecule has 0 spiro atoms. The first kappa shape index (κ1) is 13.0. The van der Waals surface area contributed by atoms with Gasteiger partial charge in [0.05, 0.1) is 6.17 Å². The first-order chi connectivity index (χ1) is 8.81. The van der Waals surface area contributed by atoms with Crippen molar-refractivity contribution in [2.45, 2.75) is 45.8 Å². The molecule has 1 heterocycles. The van der Waals surface area contributed by atoms with Gasteiger partial charge >= 0.3 is 0 Å². The third-order valence-electron chi connectivity index (χ3n) is 3.64. The van der Waals surface area contributed by atoms with E-state index < -0.39 is 0 Å². The van der Waals surface area contributed by atoms with Crippen LogP contribution in [0.4, 0.5) is 0 Å². The van der Waals surface area contributed by atoms with E-state index in [0.29, 0.717) is 6.17 Å². The molecule has 1 unspecified atom stereocenters. The molecule has 2 rings (SSSR count). The van der Waals surface area contributed by atoms with Crippen LogP contribution in [-0.4, -0.2) is 22.5 Å². The van der Waals surface area contributed by atoms with E-state index in [4.69, 9.17) is 0 Å². The summed E-state index contributed by atoms with van der Waals surface area (Å²) in [7, 11) is 0. The van der Waals surface area contributed by atoms with Crippen molar-refractivity contribution in [3.8, 4) is 0 Å². The first-order valence-corrected chi connectivity index (χ1v) is 7.05. The molecule has 0 aromatic heterocycles. The van der Waals surface area contributed by atoms with E-state index in [-0.39, 0.29) is 0 Å². The van der Waals surface area contributed by atoms with Crippen LogP contribution in [0.5, 0.6) is 0 Å². The minimum absolute atomic E-state index is 0.488. The third kappa shape index (κ3) is 3.28. The number of benzene rings is 1. The molecular formula is C16H24N2. The maximum absolute atomic E-state index is 2.44. The highest BCUT2D eigenvalue weighted by Gasteiger charge is 2.20. The summed E-state index contributed by atoms with van der Waals surface area (Å²) >= 11 is 0. The highest BCUT2D eigenvalue weighted by Crippen LogP contribution is 2.19. The van der Waals surface area contributed by atoms with Crippen molar-refractivity contribution in [1.82, 2.24) is 9.80 Å². The van der Waals surface area contributed by atoms with E-state index >= 15 is 0 Å². The van der Waals surface area contributed by atoms with Crippen LogP contribution in [0, 0.1) is 0 Å². The molecule has 2 heteroatoms. The van der Waals surface area contributed by atoms with Crippen LogP contribution in [0.25, 0.3) is 0 Å². The molecule has 0 fully saturated rings. The second-order valence-corrected chi connectivity index (χ2v) is 5.03. The second-order valence-electron chi connectivity index (χ2n) is 5.03. The number of unbranched alkanes of at least 4 members (excludes halogenated alkanes) is 2. The molecular weight excluding hydrogens is 220 g/mol. The van der Waals surface area contributed by atoms with E-state index in [1.807, 2.05) is 0 Å². The maximum atomic E-state index is 2.44. The Labute approximate surface area is 111 Å². The van der Waals surface area contributed by atoms with Crippen LogP contribution in [0.3, 0.4) is 0 Å². The highest BCUT2D eigenvalue weighted by atomic mass is 15.4. The van der Waals surface area contributed by atoms with Crippen LogP contribution >= 0.6 is 0 Å². The average molecular weight is 244 g/mol. The molecule has 0 aliphatic carbocycles. The first-order valence-electron chi connectivity index (χ1n) is 7.05. The van der Waals surface area contributed by atoms with E-state index in [0.717, 1.165) is 6.54 Å². The lowest BCUT2D eigenvalue weighted by atomic mass is 10.2. The SMILES string of the molecule is CCCCCN1C=CN(Cc2ccccc2)C1C. The van der Waals surface area contributed by atoms with Gasteiger partial charge in [0.2, 0.25) is 0 Å². The van der Waals surface area contributed by atoms with Crippen molar-refractivity contribution in [1.29, 1.82) is 0 Å². The molecule has 1 aromatic carbocycles. The van der Waals surface area contributed by atoms with Gasteiger partial charge in [-0.15, -0.1) is 0 Å². The Morgan fingerprint density at radius 2 is 1.72 bits per heavy atom. The van der Waals surface area contributed by atoms with Crippen molar-refractivity contribution in [2.75, 3.05) is 6.54 Å². The van der Waals surface area contributed by atoms with E-state index in [1.54, 1.807) is 0 Å². The Morgan fingerprint density at radius 3 is 2.44 bits per heavy atom. The normalized spacial score (nSPS) is 18.7. The summed E-state index contributed by atoms with van der Waals surface area (Å²) in [6.45, 7) is 6.72. The molecule has 98 valence electrons. The average Bonchev–Trinajstić information content (AvgIpc) is 2.73. The smallest absolute Gasteiger partial charge is 0.0981 e. The van der Waals surface area contributed by atoms with Crippen molar-refractivity contribution in [3.05, 3.63) is 48.3 Å². The van der Waals surface area contributed by atoms with E-state index in [9.17, 15) is 0 Å². The molecule has 1 atom stereocenters. The van der Waals surface area contributed by atoms with Crippen molar-refractivity contribution in [2.24, 2.45) is 0 Å². The van der Waals surface area contributed by atoms with Gasteiger partial charge in [-0.05, 0) is 18.9 Å². The lowest BCUT2D eigenvalue weighted by Gasteiger charge is -2.29. The fourth-order valence-electron chi connectivity index (χ4n) is 2.40. The summed E-state index contributed by atoms with van der Waals surface area (Å²) in [5.74, 6) is 0. The Hall–Kier alpha value is -1.44. The predicted molar refractivity (Wildman–Crippen MR) is 76.8 cm³/mol. The summed E-state index contributed by atoms with van der Waals surface area (Å²) in [5, 5.41) is 0. The molecule has 0 amide bonds. The molecule has 1 aromatic rings. The van der Waals surface area contributed by atoms with Crippen molar-refractivity contribution in [3.63, 3.8) is 0 Å². The molecule has 0 radical (unpaired) electrons. The molecule has 0 bridgehead atoms. The molecule has 18 heavy (non-hydrogen) atoms. The van der Waals surface area contributed by atoms with Crippen LogP contribution in [0.1, 0.15) is 38.7 Å². The molecule has 1 aliphatic rings. The van der Waals surface area contributed by atoms with Gasteiger partial charge < -0.3 is 9.80 Å². The van der Waals surface area contributed by atoms with Crippen LogP contribution in [0.2, 0.25) is 0 Å². The van der Waals surface area contributed by atoms with Crippen LogP contribution in [-0.2, 0) is 6.54 Å².